The average molecular weight is 241 g/mol. The molecule has 92 valence electrons. The van der Waals surface area contributed by atoms with E-state index >= 15 is 0 Å². The van der Waals surface area contributed by atoms with Gasteiger partial charge < -0.3 is 14.9 Å². The molecule has 0 unspecified atom stereocenters. The minimum atomic E-state index is 0.610. The maximum Gasteiger partial charge on any atom is 0.148 e. The molecule has 0 aliphatic heterocycles. The zero-order valence-electron chi connectivity index (χ0n) is 10.3. The monoisotopic (exact) mass is 241 g/mol. The third-order valence-corrected chi connectivity index (χ3v) is 3.10. The molecule has 0 saturated heterocycles. The van der Waals surface area contributed by atoms with Crippen molar-refractivity contribution in [3.05, 3.63) is 42.4 Å². The number of aromatic nitrogens is 2. The van der Waals surface area contributed by atoms with E-state index in [1.165, 1.54) is 0 Å². The summed E-state index contributed by atoms with van der Waals surface area (Å²) in [7, 11) is 1.68. The molecule has 0 fully saturated rings. The van der Waals surface area contributed by atoms with Crippen molar-refractivity contribution in [1.29, 1.82) is 0 Å². The molecule has 0 aliphatic rings. The third-order valence-electron chi connectivity index (χ3n) is 3.10. The summed E-state index contributed by atoms with van der Waals surface area (Å²) in [6, 6.07) is 8.08. The van der Waals surface area contributed by atoms with Crippen LogP contribution in [0.25, 0.3) is 16.4 Å². The summed E-state index contributed by atoms with van der Waals surface area (Å²) in [5.74, 6) is 0.850. The smallest absolute Gasteiger partial charge is 0.148 e. The second-order valence-electron chi connectivity index (χ2n) is 4.24. The van der Waals surface area contributed by atoms with E-state index in [0.717, 1.165) is 34.3 Å². The van der Waals surface area contributed by atoms with Crippen LogP contribution in [0, 0.1) is 0 Å². The first-order valence-electron chi connectivity index (χ1n) is 5.97. The molecule has 0 aliphatic carbocycles. The highest BCUT2D eigenvalue weighted by Crippen LogP contribution is 2.29. The number of hydrogen-bond acceptors (Lipinski definition) is 3. The number of nitrogens with two attached hydrogens (primary N) is 1. The Kier molecular flexibility index (Phi) is 2.64. The Morgan fingerprint density at radius 1 is 1.33 bits per heavy atom. The highest BCUT2D eigenvalue weighted by molar-refractivity contribution is 5.98. The lowest BCUT2D eigenvalue weighted by molar-refractivity contribution is 0.420. The fourth-order valence-electron chi connectivity index (χ4n) is 2.27. The summed E-state index contributed by atoms with van der Waals surface area (Å²) in [5.41, 5.74) is 7.51. The number of rotatable bonds is 3. The molecule has 3 rings (SSSR count). The lowest BCUT2D eigenvalue weighted by Crippen LogP contribution is -2.02. The lowest BCUT2D eigenvalue weighted by Gasteiger charge is -2.06. The number of imidazole rings is 1. The Labute approximate surface area is 105 Å². The van der Waals surface area contributed by atoms with Crippen molar-refractivity contribution >= 4 is 16.4 Å². The average Bonchev–Trinajstić information content (AvgIpc) is 2.81. The van der Waals surface area contributed by atoms with Crippen LogP contribution in [0.2, 0.25) is 0 Å². The van der Waals surface area contributed by atoms with Crippen molar-refractivity contribution < 1.29 is 4.74 Å². The summed E-state index contributed by atoms with van der Waals surface area (Å²) in [5, 5.41) is 2.18. The van der Waals surface area contributed by atoms with Gasteiger partial charge in [-0.1, -0.05) is 12.1 Å². The van der Waals surface area contributed by atoms with Gasteiger partial charge in [-0.2, -0.15) is 0 Å². The van der Waals surface area contributed by atoms with Crippen molar-refractivity contribution in [3.8, 4) is 5.75 Å². The molecule has 18 heavy (non-hydrogen) atoms. The van der Waals surface area contributed by atoms with Crippen LogP contribution in [0.5, 0.6) is 5.75 Å². The molecule has 0 spiro atoms. The minimum Gasteiger partial charge on any atom is -0.496 e. The summed E-state index contributed by atoms with van der Waals surface area (Å²) in [6.45, 7) is 0.610. The number of fused-ring (bicyclic) bond motifs is 3. The molecule has 0 bridgehead atoms. The van der Waals surface area contributed by atoms with Gasteiger partial charge in [-0.05, 0) is 24.1 Å². The van der Waals surface area contributed by atoms with Crippen LogP contribution in [0.1, 0.15) is 5.69 Å². The largest absolute Gasteiger partial charge is 0.496 e. The van der Waals surface area contributed by atoms with E-state index < -0.39 is 0 Å². The molecule has 2 aromatic heterocycles. The molecule has 4 nitrogen and oxygen atoms in total. The van der Waals surface area contributed by atoms with Crippen molar-refractivity contribution in [2.45, 2.75) is 6.42 Å². The number of pyridine rings is 1. The second kappa shape index (κ2) is 4.31. The van der Waals surface area contributed by atoms with E-state index in [-0.39, 0.29) is 0 Å². The van der Waals surface area contributed by atoms with Crippen LogP contribution in [0.15, 0.2) is 36.7 Å². The number of hydrogen-bond donors (Lipinski definition) is 1. The van der Waals surface area contributed by atoms with Gasteiger partial charge in [-0.25, -0.2) is 4.98 Å². The third kappa shape index (κ3) is 1.62. The molecule has 4 heteroatoms. The number of nitrogens with zero attached hydrogens (tertiary/aromatic N) is 2. The zero-order chi connectivity index (χ0) is 12.5. The van der Waals surface area contributed by atoms with Gasteiger partial charge in [0.1, 0.15) is 11.4 Å². The van der Waals surface area contributed by atoms with E-state index in [0.29, 0.717) is 6.54 Å². The van der Waals surface area contributed by atoms with Gasteiger partial charge in [0.15, 0.2) is 0 Å². The predicted octanol–water partition coefficient (Wildman–Crippen LogP) is 2.00. The molecular weight excluding hydrogens is 226 g/mol. The Balaban J connectivity index is 2.36. The molecule has 2 heterocycles. The Hall–Kier alpha value is -2.07. The molecule has 1 aromatic carbocycles. The number of methoxy groups -OCH3 is 1. The molecule has 3 aromatic rings. The van der Waals surface area contributed by atoms with Gasteiger partial charge in [0, 0.05) is 18.8 Å². The summed E-state index contributed by atoms with van der Waals surface area (Å²) in [4.78, 5) is 4.64. The predicted molar refractivity (Wildman–Crippen MR) is 72.0 cm³/mol. The first-order chi connectivity index (χ1) is 8.83. The standard InChI is InChI=1S/C14H15N3O/c1-18-12-4-2-3-10-6-8-17-9-11(5-7-15)16-14(17)13(10)12/h2-4,6,8-9H,5,7,15H2,1H3. The van der Waals surface area contributed by atoms with Gasteiger partial charge in [0.25, 0.3) is 0 Å². The summed E-state index contributed by atoms with van der Waals surface area (Å²) in [6.07, 6.45) is 4.83. The number of benzene rings is 1. The zero-order valence-corrected chi connectivity index (χ0v) is 10.3. The minimum absolute atomic E-state index is 0.610. The molecule has 0 saturated carbocycles. The maximum absolute atomic E-state index is 5.58. The Bertz CT molecular complexity index is 703. The first-order valence-corrected chi connectivity index (χ1v) is 5.97. The fourth-order valence-corrected chi connectivity index (χ4v) is 2.27. The van der Waals surface area contributed by atoms with Crippen molar-refractivity contribution in [3.63, 3.8) is 0 Å². The van der Waals surface area contributed by atoms with Crippen LogP contribution in [-0.4, -0.2) is 23.0 Å². The van der Waals surface area contributed by atoms with E-state index in [4.69, 9.17) is 10.5 Å². The molecule has 0 radical (unpaired) electrons. The van der Waals surface area contributed by atoms with Crippen molar-refractivity contribution in [1.82, 2.24) is 9.38 Å². The SMILES string of the molecule is COc1cccc2ccn3cc(CCN)nc3c12. The van der Waals surface area contributed by atoms with Crippen LogP contribution in [0.4, 0.5) is 0 Å². The van der Waals surface area contributed by atoms with Gasteiger partial charge in [0.2, 0.25) is 0 Å². The van der Waals surface area contributed by atoms with Crippen LogP contribution in [0.3, 0.4) is 0 Å². The van der Waals surface area contributed by atoms with Crippen LogP contribution < -0.4 is 10.5 Å². The maximum atomic E-state index is 5.58. The molecular formula is C14H15N3O. The van der Waals surface area contributed by atoms with Crippen molar-refractivity contribution in [2.75, 3.05) is 13.7 Å². The second-order valence-corrected chi connectivity index (χ2v) is 4.24. The normalized spacial score (nSPS) is 11.2. The van der Waals surface area contributed by atoms with Gasteiger partial charge in [-0.3, -0.25) is 0 Å². The molecule has 0 amide bonds. The highest BCUT2D eigenvalue weighted by Gasteiger charge is 2.09. The highest BCUT2D eigenvalue weighted by atomic mass is 16.5. The van der Waals surface area contributed by atoms with Gasteiger partial charge in [0.05, 0.1) is 18.2 Å². The topological polar surface area (TPSA) is 52.5 Å². The Morgan fingerprint density at radius 2 is 2.22 bits per heavy atom. The van der Waals surface area contributed by atoms with E-state index in [2.05, 4.69) is 17.1 Å². The summed E-state index contributed by atoms with van der Waals surface area (Å²) < 4.78 is 7.45. The van der Waals surface area contributed by atoms with E-state index in [1.54, 1.807) is 7.11 Å². The van der Waals surface area contributed by atoms with E-state index in [9.17, 15) is 0 Å². The first kappa shape index (κ1) is 11.0. The van der Waals surface area contributed by atoms with Crippen LogP contribution in [-0.2, 0) is 6.42 Å². The molecule has 2 N–H and O–H groups in total. The Morgan fingerprint density at radius 3 is 3.00 bits per heavy atom. The van der Waals surface area contributed by atoms with Gasteiger partial charge in [-0.15, -0.1) is 0 Å². The number of ether oxygens (including phenoxy) is 1. The van der Waals surface area contributed by atoms with E-state index in [1.807, 2.05) is 28.9 Å². The lowest BCUT2D eigenvalue weighted by atomic mass is 10.1. The summed E-state index contributed by atoms with van der Waals surface area (Å²) >= 11 is 0. The van der Waals surface area contributed by atoms with Gasteiger partial charge >= 0.3 is 0 Å². The van der Waals surface area contributed by atoms with Crippen molar-refractivity contribution in [2.24, 2.45) is 5.73 Å². The quantitative estimate of drug-likeness (QED) is 0.763. The fraction of sp³-hybridized carbons (Fsp3) is 0.214. The molecule has 0 atom stereocenters. The van der Waals surface area contributed by atoms with Crippen LogP contribution >= 0.6 is 0 Å².